The zero-order valence-electron chi connectivity index (χ0n) is 13.3. The molecule has 1 heterocycles. The van der Waals surface area contributed by atoms with Crippen molar-refractivity contribution in [2.45, 2.75) is 30.2 Å². The number of benzene rings is 1. The Morgan fingerprint density at radius 2 is 1.92 bits per heavy atom. The highest BCUT2D eigenvalue weighted by molar-refractivity contribution is 7.90. The van der Waals surface area contributed by atoms with Crippen molar-refractivity contribution in [2.75, 3.05) is 11.6 Å². The van der Waals surface area contributed by atoms with Gasteiger partial charge in [-0.05, 0) is 30.5 Å². The van der Waals surface area contributed by atoms with Crippen LogP contribution in [0.5, 0.6) is 0 Å². The van der Waals surface area contributed by atoms with Gasteiger partial charge in [-0.25, -0.2) is 13.4 Å². The Morgan fingerprint density at radius 3 is 2.46 bits per heavy atom. The molecule has 7 heteroatoms. The van der Waals surface area contributed by atoms with Crippen molar-refractivity contribution >= 4 is 21.6 Å². The topological polar surface area (TPSA) is 96.4 Å². The Hall–Kier alpha value is -2.41. The number of carboxylic acid groups (broad SMARTS) is 1. The summed E-state index contributed by atoms with van der Waals surface area (Å²) in [6.07, 6.45) is 3.58. The molecule has 2 N–H and O–H groups in total. The molecule has 0 fully saturated rings. The Balaban J connectivity index is 2.10. The standard InChI is InChI=1S/C17H20N2O4S/c1-24(22,23)15-8-9-16(18-12-15)19-14(7-10-17(20)21)11-13-5-3-2-4-6-13/h2-6,8-9,12,14H,7,10-11H2,1H3,(H,18,19)(H,20,21). The Labute approximate surface area is 141 Å². The first-order valence-electron chi connectivity index (χ1n) is 7.53. The minimum absolute atomic E-state index is 0.0475. The van der Waals surface area contributed by atoms with E-state index in [1.165, 1.54) is 12.3 Å². The van der Waals surface area contributed by atoms with Gasteiger partial charge >= 0.3 is 5.97 Å². The number of rotatable bonds is 8. The first-order valence-corrected chi connectivity index (χ1v) is 9.42. The molecular formula is C17H20N2O4S. The summed E-state index contributed by atoms with van der Waals surface area (Å²) in [4.78, 5) is 15.1. The van der Waals surface area contributed by atoms with Gasteiger partial charge in [-0.3, -0.25) is 4.79 Å². The third-order valence-corrected chi connectivity index (χ3v) is 4.65. The van der Waals surface area contributed by atoms with Gasteiger partial charge in [0.15, 0.2) is 9.84 Å². The molecule has 0 radical (unpaired) electrons. The van der Waals surface area contributed by atoms with Crippen LogP contribution >= 0.6 is 0 Å². The van der Waals surface area contributed by atoms with Crippen LogP contribution in [0.15, 0.2) is 53.6 Å². The second kappa shape index (κ2) is 7.92. The van der Waals surface area contributed by atoms with Crippen molar-refractivity contribution < 1.29 is 18.3 Å². The van der Waals surface area contributed by atoms with Crippen LogP contribution in [-0.2, 0) is 21.1 Å². The molecule has 0 amide bonds. The van der Waals surface area contributed by atoms with E-state index >= 15 is 0 Å². The van der Waals surface area contributed by atoms with Gasteiger partial charge in [0.2, 0.25) is 0 Å². The molecule has 6 nitrogen and oxygen atoms in total. The maximum absolute atomic E-state index is 11.5. The molecule has 1 aromatic carbocycles. The summed E-state index contributed by atoms with van der Waals surface area (Å²) in [5.41, 5.74) is 1.09. The molecule has 0 saturated heterocycles. The lowest BCUT2D eigenvalue weighted by Crippen LogP contribution is -2.24. The first-order chi connectivity index (χ1) is 11.3. The van der Waals surface area contributed by atoms with Crippen LogP contribution < -0.4 is 5.32 Å². The molecule has 1 unspecified atom stereocenters. The van der Waals surface area contributed by atoms with Crippen molar-refractivity contribution in [3.63, 3.8) is 0 Å². The van der Waals surface area contributed by atoms with Gasteiger partial charge in [0.05, 0.1) is 4.90 Å². The molecular weight excluding hydrogens is 328 g/mol. The van der Waals surface area contributed by atoms with Crippen LogP contribution in [0.2, 0.25) is 0 Å². The smallest absolute Gasteiger partial charge is 0.303 e. The van der Waals surface area contributed by atoms with Crippen molar-refractivity contribution in [1.29, 1.82) is 0 Å². The van der Waals surface area contributed by atoms with Crippen molar-refractivity contribution in [1.82, 2.24) is 4.98 Å². The lowest BCUT2D eigenvalue weighted by atomic mass is 10.0. The summed E-state index contributed by atoms with van der Waals surface area (Å²) in [5, 5.41) is 12.1. The molecule has 0 spiro atoms. The molecule has 128 valence electrons. The highest BCUT2D eigenvalue weighted by Crippen LogP contribution is 2.15. The average molecular weight is 348 g/mol. The van der Waals surface area contributed by atoms with E-state index in [0.717, 1.165) is 11.8 Å². The molecule has 0 aliphatic rings. The second-order valence-electron chi connectivity index (χ2n) is 5.61. The lowest BCUT2D eigenvalue weighted by Gasteiger charge is -2.19. The van der Waals surface area contributed by atoms with E-state index in [2.05, 4.69) is 10.3 Å². The van der Waals surface area contributed by atoms with Gasteiger partial charge in [0.25, 0.3) is 0 Å². The fourth-order valence-corrected chi connectivity index (χ4v) is 2.88. The molecule has 24 heavy (non-hydrogen) atoms. The number of sulfone groups is 1. The van der Waals surface area contributed by atoms with E-state index in [1.807, 2.05) is 30.3 Å². The SMILES string of the molecule is CS(=O)(=O)c1ccc(NC(CCC(=O)O)Cc2ccccc2)nc1. The predicted molar refractivity (Wildman–Crippen MR) is 91.8 cm³/mol. The van der Waals surface area contributed by atoms with Gasteiger partial charge in [-0.15, -0.1) is 0 Å². The van der Waals surface area contributed by atoms with Crippen molar-refractivity contribution in [2.24, 2.45) is 0 Å². The summed E-state index contributed by atoms with van der Waals surface area (Å²) >= 11 is 0. The monoisotopic (exact) mass is 348 g/mol. The third kappa shape index (κ3) is 5.66. The number of hydrogen-bond donors (Lipinski definition) is 2. The second-order valence-corrected chi connectivity index (χ2v) is 7.63. The summed E-state index contributed by atoms with van der Waals surface area (Å²) in [7, 11) is -3.29. The molecule has 0 aliphatic carbocycles. The average Bonchev–Trinajstić information content (AvgIpc) is 2.53. The van der Waals surface area contributed by atoms with E-state index in [9.17, 15) is 13.2 Å². The molecule has 0 aliphatic heterocycles. The van der Waals surface area contributed by atoms with Crippen LogP contribution in [0.4, 0.5) is 5.82 Å². The zero-order valence-corrected chi connectivity index (χ0v) is 14.2. The fraction of sp³-hybridized carbons (Fsp3) is 0.294. The fourth-order valence-electron chi connectivity index (χ4n) is 2.32. The van der Waals surface area contributed by atoms with Crippen molar-refractivity contribution in [3.05, 3.63) is 54.2 Å². The number of aliphatic carboxylic acids is 1. The number of anilines is 1. The van der Waals surface area contributed by atoms with E-state index in [0.29, 0.717) is 18.7 Å². The number of aromatic nitrogens is 1. The largest absolute Gasteiger partial charge is 0.481 e. The normalized spacial score (nSPS) is 12.5. The molecule has 0 bridgehead atoms. The van der Waals surface area contributed by atoms with E-state index < -0.39 is 15.8 Å². The Morgan fingerprint density at radius 1 is 1.21 bits per heavy atom. The Kier molecular flexibility index (Phi) is 5.92. The highest BCUT2D eigenvalue weighted by Gasteiger charge is 2.13. The minimum atomic E-state index is -3.29. The maximum atomic E-state index is 11.5. The Bertz CT molecular complexity index is 774. The number of nitrogens with one attached hydrogen (secondary N) is 1. The van der Waals surface area contributed by atoms with Crippen LogP contribution in [0, 0.1) is 0 Å². The first kappa shape index (κ1) is 17.9. The lowest BCUT2D eigenvalue weighted by molar-refractivity contribution is -0.137. The summed E-state index contributed by atoms with van der Waals surface area (Å²) in [5.74, 6) is -0.330. The molecule has 1 aromatic heterocycles. The number of nitrogens with zero attached hydrogens (tertiary/aromatic N) is 1. The number of hydrogen-bond acceptors (Lipinski definition) is 5. The van der Waals surface area contributed by atoms with E-state index in [4.69, 9.17) is 5.11 Å². The number of carboxylic acids is 1. The van der Waals surface area contributed by atoms with Gasteiger partial charge < -0.3 is 10.4 Å². The van der Waals surface area contributed by atoms with E-state index in [1.54, 1.807) is 6.07 Å². The molecule has 2 aromatic rings. The van der Waals surface area contributed by atoms with Crippen molar-refractivity contribution in [3.8, 4) is 0 Å². The summed E-state index contributed by atoms with van der Waals surface area (Å²) in [6.45, 7) is 0. The van der Waals surface area contributed by atoms with Gasteiger partial charge in [0, 0.05) is 24.9 Å². The van der Waals surface area contributed by atoms with E-state index in [-0.39, 0.29) is 17.4 Å². The van der Waals surface area contributed by atoms with Gasteiger partial charge in [0.1, 0.15) is 5.82 Å². The predicted octanol–water partition coefficient (Wildman–Crippen LogP) is 2.37. The molecule has 0 saturated carbocycles. The minimum Gasteiger partial charge on any atom is -0.481 e. The third-order valence-electron chi connectivity index (χ3n) is 3.55. The van der Waals surface area contributed by atoms with Crippen LogP contribution in [0.1, 0.15) is 18.4 Å². The quantitative estimate of drug-likeness (QED) is 0.760. The zero-order chi connectivity index (χ0) is 17.6. The van der Waals surface area contributed by atoms with Gasteiger partial charge in [-0.2, -0.15) is 0 Å². The molecule has 2 rings (SSSR count). The molecule has 1 atom stereocenters. The van der Waals surface area contributed by atoms with Gasteiger partial charge in [-0.1, -0.05) is 30.3 Å². The van der Waals surface area contributed by atoms with Crippen LogP contribution in [0.25, 0.3) is 0 Å². The van der Waals surface area contributed by atoms with Crippen LogP contribution in [0.3, 0.4) is 0 Å². The summed E-state index contributed by atoms with van der Waals surface area (Å²) < 4.78 is 22.9. The number of pyridine rings is 1. The summed E-state index contributed by atoms with van der Waals surface area (Å²) in [6, 6.07) is 12.7. The van der Waals surface area contributed by atoms with Crippen LogP contribution in [-0.4, -0.2) is 36.8 Å². The maximum Gasteiger partial charge on any atom is 0.303 e. The number of carbonyl (C=O) groups is 1. The highest BCUT2D eigenvalue weighted by atomic mass is 32.2.